The number of likely N-dealkylation sites (tertiary alicyclic amines) is 1. The molecule has 0 saturated carbocycles. The number of rotatable bonds is 8. The summed E-state index contributed by atoms with van der Waals surface area (Å²) in [5.74, 6) is 1.87. The number of thiazole rings is 1. The van der Waals surface area contributed by atoms with Crippen LogP contribution in [-0.4, -0.2) is 62.6 Å². The van der Waals surface area contributed by atoms with Gasteiger partial charge >= 0.3 is 6.03 Å². The summed E-state index contributed by atoms with van der Waals surface area (Å²) in [6, 6.07) is 24.5. The largest absolute Gasteiger partial charge is 0.353 e. The lowest BCUT2D eigenvalue weighted by Crippen LogP contribution is -2.50. The van der Waals surface area contributed by atoms with Crippen molar-refractivity contribution in [2.45, 2.75) is 38.3 Å². The van der Waals surface area contributed by atoms with Crippen molar-refractivity contribution in [3.8, 4) is 0 Å². The van der Waals surface area contributed by atoms with Crippen LogP contribution in [0.3, 0.4) is 0 Å². The number of nitrogens with zero attached hydrogens (tertiary/aromatic N) is 6. The molecule has 2 aliphatic rings. The van der Waals surface area contributed by atoms with Crippen LogP contribution in [0.25, 0.3) is 10.2 Å². The van der Waals surface area contributed by atoms with E-state index in [2.05, 4.69) is 63.1 Å². The Labute approximate surface area is 254 Å². The molecule has 0 aliphatic carbocycles. The van der Waals surface area contributed by atoms with Gasteiger partial charge in [-0.1, -0.05) is 55.5 Å². The van der Waals surface area contributed by atoms with Crippen LogP contribution in [-0.2, 0) is 0 Å². The zero-order valence-electron chi connectivity index (χ0n) is 24.1. The first-order valence-electron chi connectivity index (χ1n) is 14.6. The first-order valence-corrected chi connectivity index (χ1v) is 15.4. The minimum Gasteiger partial charge on any atom is -0.353 e. The quantitative estimate of drug-likeness (QED) is 0.194. The molecule has 5 aromatic rings. The van der Waals surface area contributed by atoms with Crippen molar-refractivity contribution in [1.82, 2.24) is 24.8 Å². The van der Waals surface area contributed by atoms with Crippen molar-refractivity contribution in [3.05, 3.63) is 89.4 Å². The molecule has 3 unspecified atom stereocenters. The molecule has 3 atom stereocenters. The number of urea groups is 1. The highest BCUT2D eigenvalue weighted by Crippen LogP contribution is 2.35. The molecule has 2 amide bonds. The summed E-state index contributed by atoms with van der Waals surface area (Å²) in [4.78, 5) is 36.2. The van der Waals surface area contributed by atoms with E-state index < -0.39 is 0 Å². The maximum atomic E-state index is 13.2. The highest BCUT2D eigenvalue weighted by atomic mass is 32.1. The Bertz CT molecular complexity index is 1760. The predicted molar refractivity (Wildman–Crippen MR) is 173 cm³/mol. The molecule has 3 aromatic carbocycles. The van der Waals surface area contributed by atoms with Gasteiger partial charge in [0.25, 0.3) is 0 Å². The molecule has 3 N–H and O–H groups in total. The standard InChI is InChI=1S/C32H33N9OS/c1-20-8-6-7-11-26(20)36-32(42)41-18-24-15-25(41)17-40(24)31-38-29(33-16-21(2)22-9-4-3-5-10-22)37-30(39-31)35-23-12-13-27-28(14-23)43-19-34-27/h3-14,19,21,24-25H,15-18H2,1-2H3,(H,36,42)(H2,33,35,37,38,39). The fourth-order valence-corrected chi connectivity index (χ4v) is 6.61. The lowest BCUT2D eigenvalue weighted by Gasteiger charge is -2.34. The molecule has 10 nitrogen and oxygen atoms in total. The van der Waals surface area contributed by atoms with Gasteiger partial charge in [-0.15, -0.1) is 11.3 Å². The highest BCUT2D eigenvalue weighted by molar-refractivity contribution is 7.16. The number of benzene rings is 3. The Morgan fingerprint density at radius 2 is 1.79 bits per heavy atom. The van der Waals surface area contributed by atoms with Crippen LogP contribution in [0.2, 0.25) is 0 Å². The van der Waals surface area contributed by atoms with Gasteiger partial charge < -0.3 is 25.8 Å². The van der Waals surface area contributed by atoms with Gasteiger partial charge in [0.1, 0.15) is 0 Å². The Morgan fingerprint density at radius 3 is 2.60 bits per heavy atom. The second-order valence-electron chi connectivity index (χ2n) is 11.2. The molecule has 2 saturated heterocycles. The number of nitrogens with one attached hydrogen (secondary N) is 3. The second kappa shape index (κ2) is 11.5. The Morgan fingerprint density at radius 1 is 0.977 bits per heavy atom. The Kier molecular flexibility index (Phi) is 7.23. The van der Waals surface area contributed by atoms with E-state index in [1.165, 1.54) is 5.56 Å². The van der Waals surface area contributed by atoms with Gasteiger partial charge in [0, 0.05) is 31.0 Å². The molecule has 2 bridgehead atoms. The fourth-order valence-electron chi connectivity index (χ4n) is 5.89. The number of piperazine rings is 1. The number of anilines is 5. The zero-order chi connectivity index (χ0) is 29.3. The van der Waals surface area contributed by atoms with Crippen molar-refractivity contribution < 1.29 is 4.79 Å². The smallest absolute Gasteiger partial charge is 0.322 e. The van der Waals surface area contributed by atoms with Crippen molar-refractivity contribution in [2.24, 2.45) is 0 Å². The van der Waals surface area contributed by atoms with Gasteiger partial charge in [0.05, 0.1) is 27.8 Å². The number of carbonyl (C=O) groups is 1. The van der Waals surface area contributed by atoms with Crippen molar-refractivity contribution in [2.75, 3.05) is 40.5 Å². The van der Waals surface area contributed by atoms with Gasteiger partial charge in [-0.25, -0.2) is 9.78 Å². The van der Waals surface area contributed by atoms with E-state index in [-0.39, 0.29) is 24.0 Å². The summed E-state index contributed by atoms with van der Waals surface area (Å²) in [5, 5.41) is 9.93. The van der Waals surface area contributed by atoms with Crippen LogP contribution < -0.4 is 20.9 Å². The third-order valence-corrected chi connectivity index (χ3v) is 9.08. The van der Waals surface area contributed by atoms with E-state index in [0.717, 1.165) is 33.6 Å². The summed E-state index contributed by atoms with van der Waals surface area (Å²) < 4.78 is 1.09. The van der Waals surface area contributed by atoms with Gasteiger partial charge in [-0.3, -0.25) is 0 Å². The first-order chi connectivity index (χ1) is 21.0. The van der Waals surface area contributed by atoms with Gasteiger partial charge in [-0.2, -0.15) is 15.0 Å². The van der Waals surface area contributed by atoms with Crippen molar-refractivity contribution in [1.29, 1.82) is 0 Å². The molecule has 0 spiro atoms. The number of hydrogen-bond donors (Lipinski definition) is 3. The average Bonchev–Trinajstić information content (AvgIpc) is 3.78. The summed E-state index contributed by atoms with van der Waals surface area (Å²) in [6.45, 7) is 6.15. The lowest BCUT2D eigenvalue weighted by atomic mass is 10.0. The number of aryl methyl sites for hydroxylation is 1. The summed E-state index contributed by atoms with van der Waals surface area (Å²) in [7, 11) is 0. The van der Waals surface area contributed by atoms with Crippen molar-refractivity contribution >= 4 is 56.8 Å². The predicted octanol–water partition coefficient (Wildman–Crippen LogP) is 6.24. The van der Waals surface area contributed by atoms with Gasteiger partial charge in [0.2, 0.25) is 17.8 Å². The normalized spacial score (nSPS) is 18.2. The minimum atomic E-state index is -0.0600. The summed E-state index contributed by atoms with van der Waals surface area (Å²) >= 11 is 1.60. The van der Waals surface area contributed by atoms with Crippen LogP contribution in [0, 0.1) is 6.92 Å². The Hall–Kier alpha value is -4.77. The molecule has 4 heterocycles. The van der Waals surface area contributed by atoms with E-state index >= 15 is 0 Å². The molecule has 2 aromatic heterocycles. The lowest BCUT2D eigenvalue weighted by molar-refractivity contribution is 0.202. The molecular formula is C32H33N9OS. The van der Waals surface area contributed by atoms with E-state index in [1.54, 1.807) is 11.3 Å². The van der Waals surface area contributed by atoms with Crippen LogP contribution in [0.4, 0.5) is 34.0 Å². The van der Waals surface area contributed by atoms with E-state index in [0.29, 0.717) is 37.5 Å². The second-order valence-corrected chi connectivity index (χ2v) is 12.1. The minimum absolute atomic E-state index is 0.0600. The third kappa shape index (κ3) is 5.68. The molecule has 43 heavy (non-hydrogen) atoms. The summed E-state index contributed by atoms with van der Waals surface area (Å²) in [6.07, 6.45) is 0.880. The maximum Gasteiger partial charge on any atom is 0.322 e. The number of carbonyl (C=O) groups excluding carboxylic acids is 1. The van der Waals surface area contributed by atoms with Gasteiger partial charge in [0.15, 0.2) is 0 Å². The monoisotopic (exact) mass is 591 g/mol. The molecule has 0 radical (unpaired) electrons. The Balaban J connectivity index is 1.10. The number of fused-ring (bicyclic) bond motifs is 3. The topological polar surface area (TPSA) is 111 Å². The third-order valence-electron chi connectivity index (χ3n) is 8.29. The molecule has 2 aliphatic heterocycles. The average molecular weight is 592 g/mol. The SMILES string of the molecule is Cc1ccccc1NC(=O)N1CC2CC1CN2c1nc(NCC(C)c2ccccc2)nc(Nc2ccc3ncsc3c2)n1. The van der Waals surface area contributed by atoms with Crippen LogP contribution in [0.1, 0.15) is 30.4 Å². The fraction of sp³-hybridized carbons (Fsp3) is 0.281. The van der Waals surface area contributed by atoms with Gasteiger partial charge in [-0.05, 0) is 54.7 Å². The van der Waals surface area contributed by atoms with E-state index in [9.17, 15) is 4.79 Å². The van der Waals surface area contributed by atoms with E-state index in [1.807, 2.05) is 59.8 Å². The molecule has 7 rings (SSSR count). The maximum absolute atomic E-state index is 13.2. The summed E-state index contributed by atoms with van der Waals surface area (Å²) in [5.41, 5.74) is 6.84. The van der Waals surface area contributed by atoms with E-state index in [4.69, 9.17) is 15.0 Å². The first kappa shape index (κ1) is 27.1. The molecule has 11 heteroatoms. The zero-order valence-corrected chi connectivity index (χ0v) is 24.9. The molecular weight excluding hydrogens is 558 g/mol. The van der Waals surface area contributed by atoms with Crippen LogP contribution in [0.5, 0.6) is 0 Å². The number of para-hydroxylation sites is 1. The van der Waals surface area contributed by atoms with Crippen LogP contribution >= 0.6 is 11.3 Å². The highest BCUT2D eigenvalue weighted by Gasteiger charge is 2.46. The van der Waals surface area contributed by atoms with Crippen molar-refractivity contribution in [3.63, 3.8) is 0 Å². The molecule has 218 valence electrons. The van der Waals surface area contributed by atoms with Crippen LogP contribution in [0.15, 0.2) is 78.3 Å². The number of aromatic nitrogens is 4. The number of hydrogen-bond acceptors (Lipinski definition) is 9. The molecule has 2 fully saturated rings. The number of amides is 2.